The number of nitrogens with one attached hydrogen (secondary N) is 1. The number of aromatic amines is 1. The molecule has 0 aliphatic heterocycles. The lowest BCUT2D eigenvalue weighted by molar-refractivity contribution is 0.0314. The molecule has 1 heterocycles. The highest BCUT2D eigenvalue weighted by Crippen LogP contribution is 2.23. The first kappa shape index (κ1) is 19.2. The van der Waals surface area contributed by atoms with Gasteiger partial charge in [0.2, 0.25) is 5.78 Å². The Morgan fingerprint density at radius 2 is 1.77 bits per heavy atom. The second-order valence-corrected chi connectivity index (χ2v) is 6.05. The minimum absolute atomic E-state index is 0.0145. The lowest BCUT2D eigenvalue weighted by Crippen LogP contribution is -2.25. The van der Waals surface area contributed by atoms with E-state index >= 15 is 0 Å². The summed E-state index contributed by atoms with van der Waals surface area (Å²) in [5, 5.41) is 9.80. The van der Waals surface area contributed by atoms with Crippen LogP contribution in [0, 0.1) is 20.8 Å². The van der Waals surface area contributed by atoms with E-state index in [9.17, 15) is 19.5 Å². The van der Waals surface area contributed by atoms with Crippen LogP contribution in [0.2, 0.25) is 0 Å². The Morgan fingerprint density at radius 3 is 2.38 bits per heavy atom. The molecule has 0 saturated heterocycles. The number of ether oxygens (including phenoxy) is 2. The molecule has 0 radical (unpaired) electrons. The zero-order valence-corrected chi connectivity index (χ0v) is 15.3. The summed E-state index contributed by atoms with van der Waals surface area (Å²) >= 11 is 0. The molecule has 1 atom stereocenters. The Kier molecular flexibility index (Phi) is 5.50. The van der Waals surface area contributed by atoms with Gasteiger partial charge in [0, 0.05) is 5.69 Å². The van der Waals surface area contributed by atoms with Crippen LogP contribution in [-0.2, 0) is 9.47 Å². The topological polar surface area (TPSA) is 106 Å². The summed E-state index contributed by atoms with van der Waals surface area (Å²) in [5.41, 5.74) is 2.14. The third kappa shape index (κ3) is 3.61. The lowest BCUT2D eigenvalue weighted by Gasteiger charge is -2.13. The largest absolute Gasteiger partial charge is 0.507 e. The predicted octanol–water partition coefficient (Wildman–Crippen LogP) is 2.86. The van der Waals surface area contributed by atoms with Crippen LogP contribution in [0.25, 0.3) is 0 Å². The Morgan fingerprint density at radius 1 is 1.12 bits per heavy atom. The van der Waals surface area contributed by atoms with E-state index in [0.29, 0.717) is 11.3 Å². The van der Waals surface area contributed by atoms with Gasteiger partial charge in [-0.2, -0.15) is 0 Å². The van der Waals surface area contributed by atoms with E-state index in [2.05, 4.69) is 4.98 Å². The van der Waals surface area contributed by atoms with Gasteiger partial charge in [0.1, 0.15) is 11.3 Å². The average Bonchev–Trinajstić information content (AvgIpc) is 2.89. The number of hydrogen-bond acceptors (Lipinski definition) is 6. The first-order valence-electron chi connectivity index (χ1n) is 7.99. The van der Waals surface area contributed by atoms with Gasteiger partial charge in [-0.15, -0.1) is 0 Å². The Bertz CT molecular complexity index is 880. The molecule has 1 aromatic heterocycles. The van der Waals surface area contributed by atoms with Crippen LogP contribution in [0.1, 0.15) is 54.9 Å². The molecule has 0 bridgehead atoms. The van der Waals surface area contributed by atoms with Gasteiger partial charge >= 0.3 is 11.9 Å². The maximum atomic E-state index is 12.6. The molecule has 0 saturated carbocycles. The standard InChI is InChI=1S/C19H21NO6/c1-9-6-7-14(21)13(8-9)18(23)26-12(4)17(22)16-10(2)15(11(3)20-16)19(24)25-5/h6-8,12,20-21H,1-5H3/t12-/m1/s1. The number of phenols is 1. The van der Waals surface area contributed by atoms with Gasteiger partial charge in [0.25, 0.3) is 0 Å². The number of aromatic nitrogens is 1. The van der Waals surface area contributed by atoms with Crippen molar-refractivity contribution in [1.82, 2.24) is 4.98 Å². The van der Waals surface area contributed by atoms with Crippen LogP contribution < -0.4 is 0 Å². The van der Waals surface area contributed by atoms with Gasteiger partial charge in [-0.05, 0) is 45.4 Å². The SMILES string of the molecule is COC(=O)c1c(C)[nH]c(C(=O)[C@@H](C)OC(=O)c2cc(C)ccc2O)c1C. The van der Waals surface area contributed by atoms with Crippen molar-refractivity contribution in [1.29, 1.82) is 0 Å². The minimum Gasteiger partial charge on any atom is -0.507 e. The number of carbonyl (C=O) groups excluding carboxylic acids is 3. The number of carbonyl (C=O) groups is 3. The Hall–Kier alpha value is -3.09. The van der Waals surface area contributed by atoms with Crippen LogP contribution in [0.15, 0.2) is 18.2 Å². The highest BCUT2D eigenvalue weighted by molar-refractivity contribution is 6.04. The summed E-state index contributed by atoms with van der Waals surface area (Å²) in [6, 6.07) is 4.52. The van der Waals surface area contributed by atoms with Gasteiger partial charge in [-0.3, -0.25) is 4.79 Å². The molecule has 0 unspecified atom stereocenters. The van der Waals surface area contributed by atoms with E-state index in [0.717, 1.165) is 5.56 Å². The summed E-state index contributed by atoms with van der Waals surface area (Å²) < 4.78 is 9.91. The number of methoxy groups -OCH3 is 1. The molecule has 1 aromatic carbocycles. The summed E-state index contributed by atoms with van der Waals surface area (Å²) in [7, 11) is 1.26. The molecule has 0 fully saturated rings. The van der Waals surface area contributed by atoms with E-state index in [1.807, 2.05) is 0 Å². The van der Waals surface area contributed by atoms with E-state index < -0.39 is 23.8 Å². The third-order valence-corrected chi connectivity index (χ3v) is 4.10. The number of ketones is 1. The quantitative estimate of drug-likeness (QED) is 0.628. The van der Waals surface area contributed by atoms with E-state index in [-0.39, 0.29) is 22.6 Å². The molecule has 7 heteroatoms. The monoisotopic (exact) mass is 359 g/mol. The van der Waals surface area contributed by atoms with Gasteiger partial charge in [0.15, 0.2) is 6.10 Å². The van der Waals surface area contributed by atoms with E-state index in [4.69, 9.17) is 9.47 Å². The fraction of sp³-hybridized carbons (Fsp3) is 0.316. The molecule has 0 aliphatic carbocycles. The fourth-order valence-electron chi connectivity index (χ4n) is 2.70. The van der Waals surface area contributed by atoms with Crippen LogP contribution >= 0.6 is 0 Å². The molecular formula is C19H21NO6. The number of phenolic OH excluding ortho intramolecular Hbond substituents is 1. The number of aromatic hydroxyl groups is 1. The zero-order valence-electron chi connectivity index (χ0n) is 15.3. The molecule has 0 spiro atoms. The Labute approximate surface area is 150 Å². The van der Waals surface area contributed by atoms with Crippen LogP contribution in [-0.4, -0.2) is 41.0 Å². The minimum atomic E-state index is -1.11. The molecule has 2 N–H and O–H groups in total. The second-order valence-electron chi connectivity index (χ2n) is 6.05. The smallest absolute Gasteiger partial charge is 0.342 e. The van der Waals surface area contributed by atoms with Crippen LogP contribution in [0.4, 0.5) is 0 Å². The molecule has 0 aliphatic rings. The number of H-pyrrole nitrogens is 1. The molecule has 2 aromatic rings. The van der Waals surface area contributed by atoms with Crippen molar-refractivity contribution in [3.05, 3.63) is 51.8 Å². The third-order valence-electron chi connectivity index (χ3n) is 4.10. The van der Waals surface area contributed by atoms with E-state index in [1.54, 1.807) is 26.8 Å². The fourth-order valence-corrected chi connectivity index (χ4v) is 2.70. The highest BCUT2D eigenvalue weighted by atomic mass is 16.5. The predicted molar refractivity (Wildman–Crippen MR) is 93.7 cm³/mol. The normalized spacial score (nSPS) is 11.7. The summed E-state index contributed by atoms with van der Waals surface area (Å²) in [6.45, 7) is 6.46. The van der Waals surface area contributed by atoms with Crippen molar-refractivity contribution in [3.63, 3.8) is 0 Å². The van der Waals surface area contributed by atoms with Gasteiger partial charge in [0.05, 0.1) is 18.4 Å². The van der Waals surface area contributed by atoms with Gasteiger partial charge in [-0.25, -0.2) is 9.59 Å². The van der Waals surface area contributed by atoms with Crippen molar-refractivity contribution in [2.24, 2.45) is 0 Å². The van der Waals surface area contributed by atoms with Crippen molar-refractivity contribution in [3.8, 4) is 5.75 Å². The number of esters is 2. The zero-order chi connectivity index (χ0) is 19.6. The van der Waals surface area contributed by atoms with Crippen LogP contribution in [0.5, 0.6) is 5.75 Å². The molecule has 0 amide bonds. The lowest BCUT2D eigenvalue weighted by atomic mass is 10.1. The Balaban J connectivity index is 2.24. The van der Waals surface area contributed by atoms with Crippen LogP contribution in [0.3, 0.4) is 0 Å². The average molecular weight is 359 g/mol. The number of Topliss-reactive ketones (excluding diaryl/α,β-unsaturated/α-hetero) is 1. The van der Waals surface area contributed by atoms with E-state index in [1.165, 1.54) is 26.2 Å². The number of aryl methyl sites for hydroxylation is 2. The number of rotatable bonds is 5. The summed E-state index contributed by atoms with van der Waals surface area (Å²) in [4.78, 5) is 39.6. The maximum Gasteiger partial charge on any atom is 0.342 e. The molecule has 2 rings (SSSR count). The highest BCUT2D eigenvalue weighted by Gasteiger charge is 2.28. The molecule has 138 valence electrons. The number of hydrogen-bond donors (Lipinski definition) is 2. The molecule has 7 nitrogen and oxygen atoms in total. The van der Waals surface area contributed by atoms with Gasteiger partial charge in [-0.1, -0.05) is 11.6 Å². The van der Waals surface area contributed by atoms with Crippen molar-refractivity contribution >= 4 is 17.7 Å². The van der Waals surface area contributed by atoms with Crippen molar-refractivity contribution in [2.75, 3.05) is 7.11 Å². The second kappa shape index (κ2) is 7.43. The summed E-state index contributed by atoms with van der Waals surface area (Å²) in [5.74, 6) is -2.06. The summed E-state index contributed by atoms with van der Waals surface area (Å²) in [6.07, 6.45) is -1.11. The first-order valence-corrected chi connectivity index (χ1v) is 7.99. The molecule has 26 heavy (non-hydrogen) atoms. The van der Waals surface area contributed by atoms with Crippen molar-refractivity contribution < 1.29 is 29.0 Å². The first-order chi connectivity index (χ1) is 12.2. The number of benzene rings is 1. The maximum absolute atomic E-state index is 12.6. The van der Waals surface area contributed by atoms with Gasteiger partial charge < -0.3 is 19.6 Å². The molecular weight excluding hydrogens is 338 g/mol. The van der Waals surface area contributed by atoms with Crippen molar-refractivity contribution in [2.45, 2.75) is 33.8 Å².